The third kappa shape index (κ3) is 6.16. The molecule has 0 radical (unpaired) electrons. The largest absolute Gasteiger partial charge is 0.497 e. The summed E-state index contributed by atoms with van der Waals surface area (Å²) >= 11 is 1.79. The van der Waals surface area contributed by atoms with Crippen molar-refractivity contribution in [2.24, 2.45) is 0 Å². The van der Waals surface area contributed by atoms with Crippen molar-refractivity contribution in [1.29, 1.82) is 0 Å². The van der Waals surface area contributed by atoms with Gasteiger partial charge in [0.05, 0.1) is 25.1 Å². The van der Waals surface area contributed by atoms with Gasteiger partial charge in [-0.25, -0.2) is 0 Å². The number of carbonyl (C=O) groups excluding carboxylic acids is 1. The van der Waals surface area contributed by atoms with E-state index in [-0.39, 0.29) is 5.91 Å². The third-order valence-corrected chi connectivity index (χ3v) is 3.69. The maximum absolute atomic E-state index is 11.8. The van der Waals surface area contributed by atoms with Gasteiger partial charge in [0.15, 0.2) is 0 Å². The molecule has 0 bridgehead atoms. The first-order valence-corrected chi connectivity index (χ1v) is 7.63. The van der Waals surface area contributed by atoms with Gasteiger partial charge in [-0.2, -0.15) is 11.8 Å². The molecule has 0 saturated carbocycles. The summed E-state index contributed by atoms with van der Waals surface area (Å²) in [6, 6.07) is 5.21. The fraction of sp³-hybridized carbons (Fsp3) is 0.500. The van der Waals surface area contributed by atoms with Crippen molar-refractivity contribution in [2.75, 3.05) is 43.4 Å². The van der Waals surface area contributed by atoms with Crippen molar-refractivity contribution in [3.63, 3.8) is 0 Å². The van der Waals surface area contributed by atoms with Crippen LogP contribution in [-0.2, 0) is 9.53 Å². The van der Waals surface area contributed by atoms with Gasteiger partial charge in [-0.15, -0.1) is 0 Å². The Morgan fingerprint density at radius 1 is 1.35 bits per heavy atom. The van der Waals surface area contributed by atoms with Gasteiger partial charge in [-0.3, -0.25) is 4.79 Å². The first kappa shape index (κ1) is 16.7. The molecule has 0 atom stereocenters. The van der Waals surface area contributed by atoms with Crippen LogP contribution in [0.2, 0.25) is 0 Å². The van der Waals surface area contributed by atoms with Gasteiger partial charge in [0.25, 0.3) is 0 Å². The Kier molecular flexibility index (Phi) is 7.91. The third-order valence-electron chi connectivity index (χ3n) is 2.66. The maximum atomic E-state index is 11.8. The molecule has 3 N–H and O–H groups in total. The number of carbonyl (C=O) groups is 1. The molecule has 0 spiro atoms. The molecule has 1 aromatic rings. The smallest absolute Gasteiger partial charge is 0.224 e. The summed E-state index contributed by atoms with van der Waals surface area (Å²) in [4.78, 5) is 11.8. The molecule has 20 heavy (non-hydrogen) atoms. The molecule has 0 fully saturated rings. The van der Waals surface area contributed by atoms with E-state index in [9.17, 15) is 4.79 Å². The number of benzene rings is 1. The van der Waals surface area contributed by atoms with Crippen LogP contribution in [0.3, 0.4) is 0 Å². The summed E-state index contributed by atoms with van der Waals surface area (Å²) in [7, 11) is 3.27. The zero-order chi connectivity index (χ0) is 14.8. The van der Waals surface area contributed by atoms with Crippen LogP contribution >= 0.6 is 11.8 Å². The van der Waals surface area contributed by atoms with Gasteiger partial charge < -0.3 is 20.5 Å². The number of ether oxygens (including phenoxy) is 2. The lowest BCUT2D eigenvalue weighted by molar-refractivity contribution is -0.116. The molecule has 0 aromatic heterocycles. The second-order valence-corrected chi connectivity index (χ2v) is 5.43. The molecule has 0 aliphatic carbocycles. The second kappa shape index (κ2) is 9.50. The zero-order valence-corrected chi connectivity index (χ0v) is 12.8. The summed E-state index contributed by atoms with van der Waals surface area (Å²) < 4.78 is 10.0. The summed E-state index contributed by atoms with van der Waals surface area (Å²) in [5, 5.41) is 2.81. The number of nitrogens with one attached hydrogen (secondary N) is 1. The van der Waals surface area contributed by atoms with Crippen LogP contribution in [0.1, 0.15) is 12.8 Å². The van der Waals surface area contributed by atoms with Crippen molar-refractivity contribution in [2.45, 2.75) is 12.8 Å². The van der Waals surface area contributed by atoms with Gasteiger partial charge in [0, 0.05) is 25.3 Å². The molecule has 0 unspecified atom stereocenters. The van der Waals surface area contributed by atoms with Crippen molar-refractivity contribution in [3.8, 4) is 5.75 Å². The van der Waals surface area contributed by atoms with Crippen molar-refractivity contribution in [1.82, 2.24) is 0 Å². The number of nitrogens with two attached hydrogens (primary N) is 1. The van der Waals surface area contributed by atoms with E-state index in [1.54, 1.807) is 44.2 Å². The molecule has 0 saturated heterocycles. The van der Waals surface area contributed by atoms with E-state index in [1.165, 1.54) is 0 Å². The Balaban J connectivity index is 2.28. The first-order valence-electron chi connectivity index (χ1n) is 6.47. The van der Waals surface area contributed by atoms with Crippen LogP contribution in [0, 0.1) is 0 Å². The number of rotatable bonds is 9. The Bertz CT molecular complexity index is 427. The Labute approximate surface area is 124 Å². The van der Waals surface area contributed by atoms with Crippen molar-refractivity contribution < 1.29 is 14.3 Å². The van der Waals surface area contributed by atoms with Gasteiger partial charge in [0.2, 0.25) is 5.91 Å². The predicted octanol–water partition coefficient (Wildman–Crippen LogP) is 2.38. The molecule has 6 heteroatoms. The molecule has 0 heterocycles. The molecule has 0 aliphatic heterocycles. The zero-order valence-electron chi connectivity index (χ0n) is 12.0. The highest BCUT2D eigenvalue weighted by atomic mass is 32.2. The second-order valence-electron chi connectivity index (χ2n) is 4.21. The number of hydrogen-bond acceptors (Lipinski definition) is 5. The lowest BCUT2D eigenvalue weighted by atomic mass is 10.2. The Morgan fingerprint density at radius 2 is 2.15 bits per heavy atom. The molecular weight excluding hydrogens is 276 g/mol. The maximum Gasteiger partial charge on any atom is 0.224 e. The van der Waals surface area contributed by atoms with Gasteiger partial charge in [0.1, 0.15) is 5.75 Å². The normalized spacial score (nSPS) is 10.3. The Morgan fingerprint density at radius 3 is 2.80 bits per heavy atom. The van der Waals surface area contributed by atoms with E-state index in [0.29, 0.717) is 23.5 Å². The highest BCUT2D eigenvalue weighted by Crippen LogP contribution is 2.24. The number of hydrogen-bond donors (Lipinski definition) is 2. The van der Waals surface area contributed by atoms with E-state index < -0.39 is 0 Å². The van der Waals surface area contributed by atoms with Gasteiger partial charge in [-0.05, 0) is 24.3 Å². The molecular formula is C14H22N2O3S. The quantitative estimate of drug-likeness (QED) is 0.541. The van der Waals surface area contributed by atoms with Gasteiger partial charge >= 0.3 is 0 Å². The van der Waals surface area contributed by atoms with Crippen molar-refractivity contribution in [3.05, 3.63) is 18.2 Å². The standard InChI is InChI=1S/C14H22N2O3S/c1-18-7-9-20-8-3-4-14(17)16-13-6-5-11(19-2)10-12(13)15/h5-6,10H,3-4,7-9,15H2,1-2H3,(H,16,17). The number of nitrogen functional groups attached to an aromatic ring is 1. The van der Waals surface area contributed by atoms with E-state index in [2.05, 4.69) is 5.32 Å². The first-order chi connectivity index (χ1) is 9.67. The molecule has 1 amide bonds. The van der Waals surface area contributed by atoms with E-state index in [4.69, 9.17) is 15.2 Å². The summed E-state index contributed by atoms with van der Waals surface area (Å²) in [5.41, 5.74) is 6.98. The van der Waals surface area contributed by atoms with Crippen molar-refractivity contribution >= 4 is 29.0 Å². The molecule has 1 rings (SSSR count). The highest BCUT2D eigenvalue weighted by molar-refractivity contribution is 7.99. The minimum absolute atomic E-state index is 0.0193. The fourth-order valence-corrected chi connectivity index (χ4v) is 2.41. The topological polar surface area (TPSA) is 73.6 Å². The lowest BCUT2D eigenvalue weighted by Crippen LogP contribution is -2.13. The average molecular weight is 298 g/mol. The summed E-state index contributed by atoms with van der Waals surface area (Å²) in [6.45, 7) is 0.749. The fourth-order valence-electron chi connectivity index (χ4n) is 1.57. The monoisotopic (exact) mass is 298 g/mol. The Hall–Kier alpha value is -1.40. The number of thioether (sulfide) groups is 1. The van der Waals surface area contributed by atoms with E-state index in [0.717, 1.165) is 24.5 Å². The summed E-state index contributed by atoms with van der Waals surface area (Å²) in [6.07, 6.45) is 1.34. The van der Waals surface area contributed by atoms with Gasteiger partial charge in [-0.1, -0.05) is 0 Å². The molecule has 1 aromatic carbocycles. The molecule has 112 valence electrons. The molecule has 5 nitrogen and oxygen atoms in total. The van der Waals surface area contributed by atoms with Crippen LogP contribution in [0.25, 0.3) is 0 Å². The summed E-state index contributed by atoms with van der Waals surface area (Å²) in [5.74, 6) is 2.57. The minimum Gasteiger partial charge on any atom is -0.497 e. The number of methoxy groups -OCH3 is 2. The number of anilines is 2. The van der Waals surface area contributed by atoms with Crippen LogP contribution in [-0.4, -0.2) is 38.2 Å². The van der Waals surface area contributed by atoms with Crippen LogP contribution in [0.15, 0.2) is 18.2 Å². The lowest BCUT2D eigenvalue weighted by Gasteiger charge is -2.09. The predicted molar refractivity (Wildman–Crippen MR) is 84.5 cm³/mol. The molecule has 0 aliphatic rings. The van der Waals surface area contributed by atoms with E-state index in [1.807, 2.05) is 0 Å². The number of amides is 1. The minimum atomic E-state index is -0.0193. The SMILES string of the molecule is COCCSCCCC(=O)Nc1ccc(OC)cc1N. The van der Waals surface area contributed by atoms with Crippen LogP contribution < -0.4 is 15.8 Å². The van der Waals surface area contributed by atoms with Crippen LogP contribution in [0.4, 0.5) is 11.4 Å². The van der Waals surface area contributed by atoms with E-state index >= 15 is 0 Å². The highest BCUT2D eigenvalue weighted by Gasteiger charge is 2.06. The van der Waals surface area contributed by atoms with Crippen LogP contribution in [0.5, 0.6) is 5.75 Å². The average Bonchev–Trinajstić information content (AvgIpc) is 2.45.